The normalized spacial score (nSPS) is 39.9. The van der Waals surface area contributed by atoms with E-state index in [1.165, 1.54) is 6.92 Å². The van der Waals surface area contributed by atoms with Crippen molar-refractivity contribution in [1.29, 1.82) is 0 Å². The quantitative estimate of drug-likeness (QED) is 0.866. The Morgan fingerprint density at radius 1 is 1.79 bits per heavy atom. The summed E-state index contributed by atoms with van der Waals surface area (Å²) in [6.45, 7) is -6.55. The first-order chi connectivity index (χ1) is 16.9. The van der Waals surface area contributed by atoms with Gasteiger partial charge >= 0.3 is 5.91 Å². The van der Waals surface area contributed by atoms with Crippen LogP contribution in [0.15, 0.2) is 12.3 Å². The predicted octanol–water partition coefficient (Wildman–Crippen LogP) is 1.86. The molecule has 3 rings (SSSR count). The number of aryl methyl sites for hydroxylation is 1. The van der Waals surface area contributed by atoms with Gasteiger partial charge in [0.05, 0.1) is 15.5 Å². The number of anilines is 1. The highest BCUT2D eigenvalue weighted by Crippen LogP contribution is 2.29. The van der Waals surface area contributed by atoms with Crippen molar-refractivity contribution < 1.29 is 24.0 Å². The van der Waals surface area contributed by atoms with Gasteiger partial charge in [0.1, 0.15) is 21.9 Å². The monoisotopic (exact) mass is 340 g/mol. The third-order valence-corrected chi connectivity index (χ3v) is 3.30. The van der Waals surface area contributed by atoms with Gasteiger partial charge in [-0.3, -0.25) is 4.79 Å². The maximum atomic E-state index is 13.0. The van der Waals surface area contributed by atoms with Crippen LogP contribution in [0.5, 0.6) is 0 Å². The molecule has 2 atom stereocenters. The zero-order valence-electron chi connectivity index (χ0n) is 26.7. The van der Waals surface area contributed by atoms with Crippen molar-refractivity contribution in [3.8, 4) is 0 Å². The number of likely N-dealkylation sites (tertiary alicyclic amines) is 1. The molecule has 7 nitrogen and oxygen atoms in total. The molecule has 1 amide bonds. The van der Waals surface area contributed by atoms with E-state index in [-0.39, 0.29) is 22.8 Å². The summed E-state index contributed by atoms with van der Waals surface area (Å²) >= 11 is 0. The van der Waals surface area contributed by atoms with Gasteiger partial charge < -0.3 is 19.6 Å². The van der Waals surface area contributed by atoms with Crippen LogP contribution in [-0.4, -0.2) is 58.3 Å². The highest BCUT2D eigenvalue weighted by molar-refractivity contribution is 5.88. The van der Waals surface area contributed by atoms with Gasteiger partial charge in [-0.1, -0.05) is 6.85 Å². The molecule has 0 bridgehead atoms. The first-order valence-electron chi connectivity index (χ1n) is 13.7. The molecular formula is C17H22N6O. The average molecular weight is 340 g/mol. The highest BCUT2D eigenvalue weighted by Gasteiger charge is 2.33. The van der Waals surface area contributed by atoms with Gasteiger partial charge in [0.2, 0.25) is 0 Å². The summed E-state index contributed by atoms with van der Waals surface area (Å²) in [5, 5.41) is -0.159. The molecule has 1 aliphatic rings. The molecule has 0 radical (unpaired) electrons. The lowest BCUT2D eigenvalue weighted by atomic mass is 9.92. The number of carbonyl (C=O) groups excluding carboxylic acids is 1. The molecule has 1 aliphatic heterocycles. The summed E-state index contributed by atoms with van der Waals surface area (Å²) in [6.07, 6.45) is -4.60. The lowest BCUT2D eigenvalue weighted by Gasteiger charge is -2.41. The highest BCUT2D eigenvalue weighted by atomic mass is 16.2. The van der Waals surface area contributed by atoms with Gasteiger partial charge in [-0.15, -0.1) is 0 Å². The third kappa shape index (κ3) is 2.92. The van der Waals surface area contributed by atoms with Gasteiger partial charge in [-0.05, 0) is 25.2 Å². The van der Waals surface area contributed by atoms with E-state index in [1.54, 1.807) is 0 Å². The van der Waals surface area contributed by atoms with Crippen molar-refractivity contribution in [1.82, 2.24) is 19.9 Å². The predicted molar refractivity (Wildman–Crippen MR) is 92.6 cm³/mol. The van der Waals surface area contributed by atoms with E-state index in [0.717, 1.165) is 7.05 Å². The van der Waals surface area contributed by atoms with Gasteiger partial charge in [0.25, 0.3) is 6.50 Å². The van der Waals surface area contributed by atoms with E-state index < -0.39 is 67.6 Å². The van der Waals surface area contributed by atoms with Crippen LogP contribution in [0.25, 0.3) is 15.9 Å². The number of fused-ring (bicyclic) bond motifs is 1. The molecule has 1 N–H and O–H groups in total. The summed E-state index contributed by atoms with van der Waals surface area (Å²) < 4.78 is 115. The van der Waals surface area contributed by atoms with Crippen molar-refractivity contribution in [2.24, 2.45) is 5.89 Å². The number of aromatic amines is 1. The van der Waals surface area contributed by atoms with Gasteiger partial charge in [0, 0.05) is 36.7 Å². The largest absolute Gasteiger partial charge is 0.354 e. The summed E-state index contributed by atoms with van der Waals surface area (Å²) in [5.74, 6) is -6.34. The Labute approximate surface area is 161 Å². The van der Waals surface area contributed by atoms with Crippen LogP contribution in [-0.2, 0) is 4.79 Å². The van der Waals surface area contributed by atoms with E-state index in [4.69, 9.17) is 25.8 Å². The van der Waals surface area contributed by atoms with E-state index >= 15 is 0 Å². The first kappa shape index (κ1) is 6.36. The Hall–Kier alpha value is -2.62. The fraction of sp³-hybridized carbons (Fsp3) is 0.529. The number of likely N-dealkylation sites (N-methyl/N-ethyl adjacent to an activating group) is 1. The van der Waals surface area contributed by atoms with Gasteiger partial charge in [0.15, 0.2) is 0 Å². The van der Waals surface area contributed by atoms with E-state index in [1.807, 2.05) is 0 Å². The number of amides is 1. The average Bonchev–Trinajstić information content (AvgIpc) is 3.03. The van der Waals surface area contributed by atoms with Crippen molar-refractivity contribution in [3.05, 3.63) is 29.5 Å². The number of hydrogen-bond donors (Lipinski definition) is 1. The van der Waals surface area contributed by atoms with Crippen LogP contribution >= 0.6 is 0 Å². The fourth-order valence-electron chi connectivity index (χ4n) is 2.21. The molecule has 7 heteroatoms. The molecule has 24 heavy (non-hydrogen) atoms. The Balaban J connectivity index is 2.48. The molecule has 2 aromatic rings. The van der Waals surface area contributed by atoms with Gasteiger partial charge in [-0.2, -0.15) is 0 Å². The zero-order valence-corrected chi connectivity index (χ0v) is 12.7. The first-order valence-corrected chi connectivity index (χ1v) is 6.72. The molecule has 0 unspecified atom stereocenters. The Kier molecular flexibility index (Phi) is 1.71. The van der Waals surface area contributed by atoms with Crippen molar-refractivity contribution >= 4 is 22.8 Å². The number of rotatable bonds is 3. The van der Waals surface area contributed by atoms with Crippen molar-refractivity contribution in [2.75, 3.05) is 31.4 Å². The molecule has 0 saturated carbocycles. The summed E-state index contributed by atoms with van der Waals surface area (Å²) in [7, 11) is 0.962. The summed E-state index contributed by atoms with van der Waals surface area (Å²) in [4.78, 5) is 26.0. The number of piperidine rings is 1. The van der Waals surface area contributed by atoms with Crippen molar-refractivity contribution in [2.45, 2.75) is 26.2 Å². The maximum absolute atomic E-state index is 13.0. The SMILES string of the molecule is [2H]c1nc(N(C)[C@H]2C([2H])([2H])N(C(=O)C([2H])([2H])[N+]#[C-])C([2H])([2H])C([2H])([2H])[C@@]2([2H])C([2H])([2H])[2H])c2c([2H])c(C)[nH]c2n1. The maximum Gasteiger partial charge on any atom is 0.302 e. The molecule has 0 aliphatic carbocycles. The fourth-order valence-corrected chi connectivity index (χ4v) is 2.21. The molecule has 1 saturated heterocycles. The molecule has 0 aromatic carbocycles. The number of nitrogens with one attached hydrogen (secondary N) is 1. The smallest absolute Gasteiger partial charge is 0.302 e. The number of nitrogens with zero attached hydrogens (tertiary/aromatic N) is 5. The Morgan fingerprint density at radius 3 is 3.38 bits per heavy atom. The van der Waals surface area contributed by atoms with Crippen LogP contribution in [0, 0.1) is 19.4 Å². The topological polar surface area (TPSA) is 69.5 Å². The van der Waals surface area contributed by atoms with Crippen LogP contribution < -0.4 is 4.90 Å². The van der Waals surface area contributed by atoms with Crippen LogP contribution in [0.4, 0.5) is 5.82 Å². The molecule has 0 spiro atoms. The summed E-state index contributed by atoms with van der Waals surface area (Å²) in [6, 6.07) is -2.91. The Bertz CT molecular complexity index is 1350. The number of carbonyl (C=O) groups is 1. The minimum Gasteiger partial charge on any atom is -0.354 e. The van der Waals surface area contributed by atoms with Crippen molar-refractivity contribution in [3.63, 3.8) is 0 Å². The molecule has 2 aromatic heterocycles. The minimum atomic E-state index is -3.95. The second kappa shape index (κ2) is 6.48. The number of aromatic nitrogens is 3. The lowest BCUT2D eigenvalue weighted by Crippen LogP contribution is -2.53. The molecular weight excluding hydrogens is 304 g/mol. The lowest BCUT2D eigenvalue weighted by molar-refractivity contribution is -0.130. The number of hydrogen-bond acceptors (Lipinski definition) is 4. The molecule has 3 heterocycles. The summed E-state index contributed by atoms with van der Waals surface area (Å²) in [5.41, 5.74) is 0.133. The minimum absolute atomic E-state index is 0.0919. The van der Waals surface area contributed by atoms with Gasteiger partial charge in [-0.25, -0.2) is 16.5 Å². The molecule has 126 valence electrons. The van der Waals surface area contributed by atoms with Crippen LogP contribution in [0.1, 0.15) is 38.1 Å². The van der Waals surface area contributed by atoms with E-state index in [2.05, 4.69) is 19.8 Å². The third-order valence-electron chi connectivity index (χ3n) is 3.30. The second-order valence-electron chi connectivity index (χ2n) is 4.90. The zero-order chi connectivity index (χ0) is 29.6. The second-order valence-corrected chi connectivity index (χ2v) is 4.90. The van der Waals surface area contributed by atoms with Crippen LogP contribution in [0.2, 0.25) is 0 Å². The molecule has 1 fully saturated rings. The van der Waals surface area contributed by atoms with Crippen LogP contribution in [0.3, 0.4) is 0 Å². The standard InChI is InChI=1S/C17H22N6O/c1-11-5-6-23(15(24)8-18-3)9-14(11)22(4)17-13-7-12(2)21-16(13)19-10-20-17/h7,10-11,14H,5-6,8-9H2,1-2,4H3,(H,19,20,21)/t11-,14+/m1/s1/i1D3,5D2,6D2,7D,8D2,9D2,10D,11D. The Morgan fingerprint density at radius 2 is 2.62 bits per heavy atom. The van der Waals surface area contributed by atoms with E-state index in [0.29, 0.717) is 4.90 Å². The number of H-pyrrole nitrogens is 1. The van der Waals surface area contributed by atoms with E-state index in [9.17, 15) is 4.79 Å².